The molecule has 3 atom stereocenters. The van der Waals surface area contributed by atoms with Gasteiger partial charge in [-0.1, -0.05) is 30.7 Å². The minimum Gasteiger partial charge on any atom is -0.343 e. The van der Waals surface area contributed by atoms with E-state index in [2.05, 4.69) is 12.2 Å². The van der Waals surface area contributed by atoms with Crippen molar-refractivity contribution in [3.63, 3.8) is 0 Å². The Morgan fingerprint density at radius 1 is 1.25 bits per heavy atom. The van der Waals surface area contributed by atoms with E-state index in [0.29, 0.717) is 17.5 Å². The molecule has 2 heterocycles. The molecular weight excluding hydrogens is 326 g/mol. The predicted octanol–water partition coefficient (Wildman–Crippen LogP) is 2.29. The largest absolute Gasteiger partial charge is 0.343 e. The van der Waals surface area contributed by atoms with Crippen LogP contribution in [0.5, 0.6) is 0 Å². The average molecular weight is 350 g/mol. The maximum Gasteiger partial charge on any atom is 0.244 e. The molecule has 2 amide bonds. The molecular formula is C18H24ClN3O2. The molecule has 2 saturated heterocycles. The Hall–Kier alpha value is -1.59. The molecule has 2 fully saturated rings. The zero-order valence-corrected chi connectivity index (χ0v) is 14.9. The lowest BCUT2D eigenvalue weighted by molar-refractivity contribution is -0.131. The lowest BCUT2D eigenvalue weighted by Gasteiger charge is -2.38. The van der Waals surface area contributed by atoms with Gasteiger partial charge in [0.1, 0.15) is 0 Å². The molecule has 0 aliphatic carbocycles. The summed E-state index contributed by atoms with van der Waals surface area (Å²) < 4.78 is 0. The van der Waals surface area contributed by atoms with E-state index in [9.17, 15) is 9.59 Å². The van der Waals surface area contributed by atoms with E-state index >= 15 is 0 Å². The maximum absolute atomic E-state index is 12.8. The fourth-order valence-corrected chi connectivity index (χ4v) is 3.92. The number of carbonyl (C=O) groups excluding carboxylic acids is 2. The monoisotopic (exact) mass is 349 g/mol. The Labute approximate surface area is 147 Å². The van der Waals surface area contributed by atoms with Crippen LogP contribution in [0.25, 0.3) is 0 Å². The molecule has 130 valence electrons. The Bertz CT molecular complexity index is 636. The molecule has 0 bridgehead atoms. The van der Waals surface area contributed by atoms with Crippen LogP contribution in [0.1, 0.15) is 26.7 Å². The summed E-state index contributed by atoms with van der Waals surface area (Å²) in [5, 5.41) is 4.13. The second-order valence-electron chi connectivity index (χ2n) is 6.79. The molecule has 1 aromatic carbocycles. The molecule has 0 saturated carbocycles. The van der Waals surface area contributed by atoms with Gasteiger partial charge in [0.25, 0.3) is 0 Å². The van der Waals surface area contributed by atoms with E-state index < -0.39 is 0 Å². The molecule has 24 heavy (non-hydrogen) atoms. The summed E-state index contributed by atoms with van der Waals surface area (Å²) in [6.45, 7) is 5.94. The standard InChI is InChI=1S/C18H24ClN3O2/c1-12-11-21(13(2)23)9-7-15(12)20-16-8-10-22(18(16)24)17-6-4-3-5-14(17)19/h3-6,12,15-16,20H,7-11H2,1-2H3/t12-,15+,16-/m1/s1. The topological polar surface area (TPSA) is 52.7 Å². The fourth-order valence-electron chi connectivity index (χ4n) is 3.68. The van der Waals surface area contributed by atoms with Gasteiger partial charge in [0.15, 0.2) is 0 Å². The van der Waals surface area contributed by atoms with Gasteiger partial charge < -0.3 is 15.1 Å². The first-order valence-corrected chi connectivity index (χ1v) is 8.92. The van der Waals surface area contributed by atoms with Gasteiger partial charge in [0.2, 0.25) is 11.8 Å². The normalized spacial score (nSPS) is 27.6. The number of likely N-dealkylation sites (tertiary alicyclic amines) is 1. The fraction of sp³-hybridized carbons (Fsp3) is 0.556. The van der Waals surface area contributed by atoms with Gasteiger partial charge >= 0.3 is 0 Å². The zero-order valence-electron chi connectivity index (χ0n) is 14.2. The number of carbonyl (C=O) groups is 2. The smallest absolute Gasteiger partial charge is 0.244 e. The summed E-state index contributed by atoms with van der Waals surface area (Å²) in [7, 11) is 0. The number of anilines is 1. The summed E-state index contributed by atoms with van der Waals surface area (Å²) in [4.78, 5) is 27.9. The van der Waals surface area contributed by atoms with Gasteiger partial charge in [-0.25, -0.2) is 0 Å². The van der Waals surface area contributed by atoms with E-state index in [0.717, 1.165) is 31.6 Å². The number of nitrogens with one attached hydrogen (secondary N) is 1. The van der Waals surface area contributed by atoms with Crippen LogP contribution in [0.15, 0.2) is 24.3 Å². The first-order valence-electron chi connectivity index (χ1n) is 8.55. The summed E-state index contributed by atoms with van der Waals surface area (Å²) in [5.41, 5.74) is 0.785. The van der Waals surface area contributed by atoms with E-state index in [1.54, 1.807) is 11.8 Å². The number of benzene rings is 1. The van der Waals surface area contributed by atoms with Crippen molar-refractivity contribution in [3.8, 4) is 0 Å². The van der Waals surface area contributed by atoms with Gasteiger partial charge in [0, 0.05) is 32.6 Å². The molecule has 1 aromatic rings. The van der Waals surface area contributed by atoms with Crippen molar-refractivity contribution in [2.45, 2.75) is 38.8 Å². The number of amides is 2. The minimum atomic E-state index is -0.169. The third kappa shape index (κ3) is 3.42. The summed E-state index contributed by atoms with van der Waals surface area (Å²) in [6.07, 6.45) is 1.67. The Balaban J connectivity index is 1.62. The molecule has 0 spiro atoms. The molecule has 2 aliphatic heterocycles. The third-order valence-corrected chi connectivity index (χ3v) is 5.43. The van der Waals surface area contributed by atoms with E-state index in [1.165, 1.54) is 0 Å². The highest BCUT2D eigenvalue weighted by Gasteiger charge is 2.37. The van der Waals surface area contributed by atoms with Crippen molar-refractivity contribution in [1.29, 1.82) is 0 Å². The van der Waals surface area contributed by atoms with Crippen LogP contribution in [0.3, 0.4) is 0 Å². The number of nitrogens with zero attached hydrogens (tertiary/aromatic N) is 2. The maximum atomic E-state index is 12.8. The van der Waals surface area contributed by atoms with Crippen LogP contribution in [0, 0.1) is 5.92 Å². The van der Waals surface area contributed by atoms with Crippen molar-refractivity contribution >= 4 is 29.1 Å². The zero-order chi connectivity index (χ0) is 17.3. The van der Waals surface area contributed by atoms with E-state index in [4.69, 9.17) is 11.6 Å². The number of hydrogen-bond donors (Lipinski definition) is 1. The summed E-state index contributed by atoms with van der Waals surface area (Å²) >= 11 is 6.23. The van der Waals surface area contributed by atoms with Crippen LogP contribution in [-0.4, -0.2) is 48.4 Å². The summed E-state index contributed by atoms with van der Waals surface area (Å²) in [5.74, 6) is 0.552. The first-order chi connectivity index (χ1) is 11.5. The summed E-state index contributed by atoms with van der Waals surface area (Å²) in [6, 6.07) is 7.56. The Kier molecular flexibility index (Phi) is 5.11. The highest BCUT2D eigenvalue weighted by Crippen LogP contribution is 2.29. The Morgan fingerprint density at radius 3 is 2.67 bits per heavy atom. The first kappa shape index (κ1) is 17.2. The van der Waals surface area contributed by atoms with Crippen molar-refractivity contribution < 1.29 is 9.59 Å². The SMILES string of the molecule is CC(=O)N1CC[C@H](N[C@@H]2CCN(c3ccccc3Cl)C2=O)[C@H](C)C1. The molecule has 3 rings (SSSR count). The number of piperidine rings is 1. The molecule has 0 radical (unpaired) electrons. The highest BCUT2D eigenvalue weighted by molar-refractivity contribution is 6.33. The molecule has 6 heteroatoms. The molecule has 1 N–H and O–H groups in total. The lowest BCUT2D eigenvalue weighted by atomic mass is 9.93. The van der Waals surface area contributed by atoms with Gasteiger partial charge in [-0.3, -0.25) is 9.59 Å². The van der Waals surface area contributed by atoms with Crippen molar-refractivity contribution in [1.82, 2.24) is 10.2 Å². The quantitative estimate of drug-likeness (QED) is 0.911. The van der Waals surface area contributed by atoms with Gasteiger partial charge in [-0.15, -0.1) is 0 Å². The van der Waals surface area contributed by atoms with Crippen molar-refractivity contribution in [3.05, 3.63) is 29.3 Å². The van der Waals surface area contributed by atoms with Crippen molar-refractivity contribution in [2.75, 3.05) is 24.5 Å². The number of rotatable bonds is 3. The van der Waals surface area contributed by atoms with Crippen LogP contribution < -0.4 is 10.2 Å². The molecule has 0 unspecified atom stereocenters. The second-order valence-corrected chi connectivity index (χ2v) is 7.19. The number of para-hydroxylation sites is 1. The molecule has 5 nitrogen and oxygen atoms in total. The van der Waals surface area contributed by atoms with Crippen LogP contribution in [-0.2, 0) is 9.59 Å². The van der Waals surface area contributed by atoms with Gasteiger partial charge in [0.05, 0.1) is 16.8 Å². The predicted molar refractivity (Wildman–Crippen MR) is 95.2 cm³/mol. The highest BCUT2D eigenvalue weighted by atomic mass is 35.5. The lowest BCUT2D eigenvalue weighted by Crippen LogP contribution is -2.53. The van der Waals surface area contributed by atoms with E-state index in [-0.39, 0.29) is 23.9 Å². The molecule has 0 aromatic heterocycles. The van der Waals surface area contributed by atoms with E-state index in [1.807, 2.05) is 29.2 Å². The van der Waals surface area contributed by atoms with Crippen LogP contribution in [0.2, 0.25) is 5.02 Å². The van der Waals surface area contributed by atoms with Gasteiger partial charge in [-0.2, -0.15) is 0 Å². The third-order valence-electron chi connectivity index (χ3n) is 5.11. The average Bonchev–Trinajstić information content (AvgIpc) is 2.90. The minimum absolute atomic E-state index is 0.0873. The van der Waals surface area contributed by atoms with Crippen LogP contribution in [0.4, 0.5) is 5.69 Å². The number of hydrogen-bond acceptors (Lipinski definition) is 3. The Morgan fingerprint density at radius 2 is 2.00 bits per heavy atom. The van der Waals surface area contributed by atoms with Gasteiger partial charge in [-0.05, 0) is 30.9 Å². The van der Waals surface area contributed by atoms with Crippen LogP contribution >= 0.6 is 11.6 Å². The second kappa shape index (κ2) is 7.11. The molecule has 2 aliphatic rings. The van der Waals surface area contributed by atoms with Crippen molar-refractivity contribution in [2.24, 2.45) is 5.92 Å². The number of halogens is 1.